The van der Waals surface area contributed by atoms with Gasteiger partial charge in [-0.3, -0.25) is 24.7 Å². The molecule has 2 atom stereocenters. The molecule has 41 heavy (non-hydrogen) atoms. The zero-order valence-electron chi connectivity index (χ0n) is 23.5. The van der Waals surface area contributed by atoms with Crippen LogP contribution in [0, 0.1) is 23.7 Å². The molecule has 1 saturated carbocycles. The Balaban J connectivity index is 0.000000415. The number of amides is 2. The maximum atomic E-state index is 12.0. The molecule has 1 aliphatic carbocycles. The number of nitrogens with two attached hydrogens (primary N) is 1. The Morgan fingerprint density at radius 3 is 2.07 bits per heavy atom. The van der Waals surface area contributed by atoms with E-state index in [1.54, 1.807) is 17.8 Å². The van der Waals surface area contributed by atoms with Gasteiger partial charge in [0.25, 0.3) is 11.8 Å². The average Bonchev–Trinajstić information content (AvgIpc) is 3.50. The van der Waals surface area contributed by atoms with E-state index in [0.29, 0.717) is 5.52 Å². The molecule has 0 aliphatic heterocycles. The maximum Gasteiger partial charge on any atom is 0.264 e. The van der Waals surface area contributed by atoms with Crippen molar-refractivity contribution < 1.29 is 36.8 Å². The Bertz CT molecular complexity index is 1660. The van der Waals surface area contributed by atoms with Gasteiger partial charge < -0.3 is 5.73 Å². The van der Waals surface area contributed by atoms with Crippen molar-refractivity contribution in [1.82, 2.24) is 20.7 Å². The molecule has 15 heteroatoms. The lowest BCUT2D eigenvalue weighted by molar-refractivity contribution is -0.132. The number of hydrogen-bond acceptors (Lipinski definition) is 10. The minimum atomic E-state index is -3.75. The highest BCUT2D eigenvalue weighted by Crippen LogP contribution is 2.30. The van der Waals surface area contributed by atoms with E-state index in [2.05, 4.69) is 28.8 Å². The topological polar surface area (TPSA) is 211 Å². The molecule has 1 heterocycles. The van der Waals surface area contributed by atoms with Gasteiger partial charge in [-0.25, -0.2) is 27.8 Å². The SMILES string of the molecule is CCC(C)(C(=O)NO)S(C)(=O)=O.C[C@@](CCn1cc2cc(C#CC#CC3(N)CC3)ccc2n1)(C(=O)NO)S(C)(=O)=O. The quantitative estimate of drug-likeness (QED) is 0.157. The number of rotatable bonds is 8. The minimum absolute atomic E-state index is 0.0463. The van der Waals surface area contributed by atoms with Crippen molar-refractivity contribution in [2.45, 2.75) is 68.0 Å². The first-order chi connectivity index (χ1) is 18.9. The summed E-state index contributed by atoms with van der Waals surface area (Å²) in [6.45, 7) is 4.29. The monoisotopic (exact) mass is 609 g/mol. The second kappa shape index (κ2) is 12.6. The summed E-state index contributed by atoms with van der Waals surface area (Å²) in [5.74, 6) is 9.62. The van der Waals surface area contributed by atoms with Crippen LogP contribution in [0.3, 0.4) is 0 Å². The van der Waals surface area contributed by atoms with E-state index in [1.807, 2.05) is 18.2 Å². The van der Waals surface area contributed by atoms with Gasteiger partial charge in [0.05, 0.1) is 11.1 Å². The molecule has 1 aromatic carbocycles. The van der Waals surface area contributed by atoms with Crippen LogP contribution >= 0.6 is 0 Å². The number of aromatic nitrogens is 2. The van der Waals surface area contributed by atoms with E-state index >= 15 is 0 Å². The standard InChI is InChI=1S/C20H22N4O4S.C6H13NO4S/c1-19(18(25)23-26,29(2,27)28)11-12-24-14-16-13-15(6-7-17(16)22-24)5-3-4-8-20(21)9-10-20;1-4-6(2,5(8)7-9)12(3,10)11/h6-7,13-14,26H,9-12,21H2,1-2H3,(H,23,25);9H,4H2,1-3H3,(H,7,8)/t19-;/m1./s1. The van der Waals surface area contributed by atoms with Crippen LogP contribution in [0.5, 0.6) is 0 Å². The molecule has 2 aromatic rings. The van der Waals surface area contributed by atoms with Gasteiger partial charge in [0.1, 0.15) is 4.75 Å². The molecule has 2 amide bonds. The number of benzene rings is 1. The van der Waals surface area contributed by atoms with Gasteiger partial charge >= 0.3 is 0 Å². The lowest BCUT2D eigenvalue weighted by atomic mass is 10.1. The van der Waals surface area contributed by atoms with Crippen molar-refractivity contribution in [1.29, 1.82) is 0 Å². The largest absolute Gasteiger partial charge is 0.315 e. The molecular weight excluding hydrogens is 574 g/mol. The van der Waals surface area contributed by atoms with Crippen LogP contribution in [0.15, 0.2) is 24.4 Å². The van der Waals surface area contributed by atoms with Gasteiger partial charge in [-0.15, -0.1) is 0 Å². The molecular formula is C26H35N5O8S2. The van der Waals surface area contributed by atoms with Gasteiger partial charge in [-0.1, -0.05) is 18.8 Å². The number of hydrogen-bond donors (Lipinski definition) is 5. The summed E-state index contributed by atoms with van der Waals surface area (Å²) in [6.07, 6.45) is 5.58. The molecule has 0 bridgehead atoms. The molecule has 1 fully saturated rings. The van der Waals surface area contributed by atoms with E-state index in [-0.39, 0.29) is 24.9 Å². The first-order valence-electron chi connectivity index (χ1n) is 12.4. The molecule has 0 radical (unpaired) electrons. The number of hydroxylamine groups is 2. The first-order valence-corrected chi connectivity index (χ1v) is 16.2. The van der Waals surface area contributed by atoms with E-state index in [0.717, 1.165) is 36.3 Å². The summed E-state index contributed by atoms with van der Waals surface area (Å²) < 4.78 is 44.6. The third kappa shape index (κ3) is 8.06. The molecule has 3 rings (SSSR count). The Hall–Kier alpha value is -3.47. The Morgan fingerprint density at radius 1 is 1.05 bits per heavy atom. The summed E-state index contributed by atoms with van der Waals surface area (Å²) in [4.78, 5) is 22.9. The molecule has 13 nitrogen and oxygen atoms in total. The van der Waals surface area contributed by atoms with E-state index in [1.165, 1.54) is 24.8 Å². The van der Waals surface area contributed by atoms with Crippen LogP contribution < -0.4 is 16.7 Å². The van der Waals surface area contributed by atoms with Crippen LogP contribution in [0.4, 0.5) is 0 Å². The van der Waals surface area contributed by atoms with Crippen LogP contribution in [-0.2, 0) is 35.8 Å². The predicted octanol–water partition coefficient (Wildman–Crippen LogP) is 0.286. The summed E-state index contributed by atoms with van der Waals surface area (Å²) >= 11 is 0. The number of sulfone groups is 2. The molecule has 1 unspecified atom stereocenters. The van der Waals surface area contributed by atoms with Crippen molar-refractivity contribution >= 4 is 42.4 Å². The number of aryl methyl sites for hydroxylation is 1. The summed E-state index contributed by atoms with van der Waals surface area (Å²) in [7, 11) is -7.25. The van der Waals surface area contributed by atoms with Crippen molar-refractivity contribution in [3.63, 3.8) is 0 Å². The minimum Gasteiger partial charge on any atom is -0.315 e. The van der Waals surface area contributed by atoms with Gasteiger partial charge in [-0.2, -0.15) is 5.10 Å². The van der Waals surface area contributed by atoms with Crippen LogP contribution in [0.1, 0.15) is 52.0 Å². The molecule has 0 spiro atoms. The Kier molecular flexibility index (Phi) is 10.4. The second-order valence-corrected chi connectivity index (χ2v) is 15.2. The van der Waals surface area contributed by atoms with Gasteiger partial charge in [0.15, 0.2) is 24.4 Å². The number of nitrogens with one attached hydrogen (secondary N) is 2. The molecule has 0 saturated heterocycles. The van der Waals surface area contributed by atoms with Crippen LogP contribution in [-0.4, -0.2) is 76.4 Å². The maximum absolute atomic E-state index is 12.0. The average molecular weight is 610 g/mol. The molecule has 6 N–H and O–H groups in total. The summed E-state index contributed by atoms with van der Waals surface area (Å²) in [6, 6.07) is 5.49. The smallest absolute Gasteiger partial charge is 0.264 e. The molecule has 224 valence electrons. The Morgan fingerprint density at radius 2 is 1.61 bits per heavy atom. The zero-order chi connectivity index (χ0) is 31.3. The molecule has 1 aromatic heterocycles. The van der Waals surface area contributed by atoms with Crippen molar-refractivity contribution in [3.8, 4) is 23.7 Å². The Labute approximate surface area is 239 Å². The highest BCUT2D eigenvalue weighted by molar-refractivity contribution is 7.93. The van der Waals surface area contributed by atoms with Crippen molar-refractivity contribution in [2.75, 3.05) is 12.5 Å². The second-order valence-electron chi connectivity index (χ2n) is 10.3. The van der Waals surface area contributed by atoms with Crippen molar-refractivity contribution in [2.24, 2.45) is 5.73 Å². The van der Waals surface area contributed by atoms with Crippen LogP contribution in [0.25, 0.3) is 10.9 Å². The third-order valence-electron chi connectivity index (χ3n) is 7.21. The van der Waals surface area contributed by atoms with E-state index in [4.69, 9.17) is 16.1 Å². The molecule has 1 aliphatic rings. The fourth-order valence-corrected chi connectivity index (χ4v) is 5.16. The van der Waals surface area contributed by atoms with Crippen molar-refractivity contribution in [3.05, 3.63) is 30.0 Å². The highest BCUT2D eigenvalue weighted by atomic mass is 32.2. The number of nitrogens with zero attached hydrogens (tertiary/aromatic N) is 2. The predicted molar refractivity (Wildman–Crippen MR) is 152 cm³/mol. The zero-order valence-corrected chi connectivity index (χ0v) is 25.1. The lowest BCUT2D eigenvalue weighted by Gasteiger charge is -2.24. The van der Waals surface area contributed by atoms with Gasteiger partial charge in [0.2, 0.25) is 0 Å². The lowest BCUT2D eigenvalue weighted by Crippen LogP contribution is -2.49. The fourth-order valence-electron chi connectivity index (χ4n) is 3.41. The highest BCUT2D eigenvalue weighted by Gasteiger charge is 2.43. The van der Waals surface area contributed by atoms with E-state index in [9.17, 15) is 26.4 Å². The van der Waals surface area contributed by atoms with Crippen LogP contribution in [0.2, 0.25) is 0 Å². The number of carbonyl (C=O) groups excluding carboxylic acids is 2. The summed E-state index contributed by atoms with van der Waals surface area (Å²) in [5, 5.41) is 22.4. The van der Waals surface area contributed by atoms with E-state index < -0.39 is 41.0 Å². The number of fused-ring (bicyclic) bond motifs is 1. The summed E-state index contributed by atoms with van der Waals surface area (Å²) in [5.41, 5.74) is 9.80. The van der Waals surface area contributed by atoms with Gasteiger partial charge in [0, 0.05) is 36.2 Å². The normalized spacial score (nSPS) is 16.7. The van der Waals surface area contributed by atoms with Gasteiger partial charge in [-0.05, 0) is 69.6 Å². The fraction of sp³-hybridized carbons (Fsp3) is 0.500. The third-order valence-corrected chi connectivity index (χ3v) is 11.4. The first kappa shape index (κ1) is 33.7. The number of carbonyl (C=O) groups is 2.